The molecule has 0 atom stereocenters. The highest BCUT2D eigenvalue weighted by Crippen LogP contribution is 2.29. The predicted octanol–water partition coefficient (Wildman–Crippen LogP) is 4.02. The Balaban J connectivity index is 1.31. The van der Waals surface area contributed by atoms with Crippen LogP contribution in [0.3, 0.4) is 0 Å². The average Bonchev–Trinajstić information content (AvgIpc) is 2.88. The molecule has 0 aliphatic carbocycles. The fourth-order valence-electron chi connectivity index (χ4n) is 4.35. The molecule has 0 radical (unpaired) electrons. The van der Waals surface area contributed by atoms with E-state index in [0.717, 1.165) is 18.7 Å². The van der Waals surface area contributed by atoms with Crippen molar-refractivity contribution in [3.8, 4) is 5.75 Å². The van der Waals surface area contributed by atoms with Crippen LogP contribution < -0.4 is 4.74 Å². The van der Waals surface area contributed by atoms with Crippen LogP contribution in [-0.2, 0) is 16.0 Å². The number of carbonyl (C=O) groups excluding carboxylic acids is 1. The molecule has 4 rings (SSSR count). The van der Waals surface area contributed by atoms with Crippen LogP contribution in [0, 0.1) is 0 Å². The highest BCUT2D eigenvalue weighted by molar-refractivity contribution is 5.78. The van der Waals surface area contributed by atoms with Gasteiger partial charge >= 0.3 is 5.97 Å². The monoisotopic (exact) mass is 458 g/mol. The van der Waals surface area contributed by atoms with Crippen LogP contribution in [0.4, 0.5) is 0 Å². The average molecular weight is 459 g/mol. The molecule has 0 saturated carbocycles. The highest BCUT2D eigenvalue weighted by Gasteiger charge is 2.28. The summed E-state index contributed by atoms with van der Waals surface area (Å²) in [5.41, 5.74) is 3.44. The Hall–Kier alpha value is -3.64. The van der Waals surface area contributed by atoms with Gasteiger partial charge in [-0.3, -0.25) is 14.5 Å². The summed E-state index contributed by atoms with van der Waals surface area (Å²) in [5, 5.41) is 8.79. The zero-order valence-corrected chi connectivity index (χ0v) is 19.2. The number of piperazine rings is 1. The maximum absolute atomic E-state index is 12.7. The normalized spacial score (nSPS) is 14.2. The zero-order chi connectivity index (χ0) is 23.8. The van der Waals surface area contributed by atoms with E-state index in [-0.39, 0.29) is 25.0 Å². The predicted molar refractivity (Wildman–Crippen MR) is 131 cm³/mol. The number of hydrogen-bond donors (Lipinski definition) is 1. The second kappa shape index (κ2) is 11.5. The van der Waals surface area contributed by atoms with Crippen molar-refractivity contribution in [3.63, 3.8) is 0 Å². The molecule has 1 aliphatic heterocycles. The summed E-state index contributed by atoms with van der Waals surface area (Å²) in [4.78, 5) is 27.8. The lowest BCUT2D eigenvalue weighted by molar-refractivity contribution is -0.137. The summed E-state index contributed by atoms with van der Waals surface area (Å²) in [7, 11) is 0. The Morgan fingerprint density at radius 2 is 1.35 bits per heavy atom. The van der Waals surface area contributed by atoms with Gasteiger partial charge in [-0.2, -0.15) is 0 Å². The summed E-state index contributed by atoms with van der Waals surface area (Å²) in [6, 6.07) is 28.4. The van der Waals surface area contributed by atoms with Crippen molar-refractivity contribution in [1.29, 1.82) is 0 Å². The minimum atomic E-state index is -0.815. The van der Waals surface area contributed by atoms with Crippen LogP contribution in [0.5, 0.6) is 5.75 Å². The molecule has 1 aliphatic rings. The second-order valence-electron chi connectivity index (χ2n) is 8.47. The van der Waals surface area contributed by atoms with Crippen molar-refractivity contribution < 1.29 is 19.4 Å². The molecule has 0 bridgehead atoms. The molecule has 6 nitrogen and oxygen atoms in total. The summed E-state index contributed by atoms with van der Waals surface area (Å²) in [5.74, 6) is -0.227. The molecule has 1 saturated heterocycles. The van der Waals surface area contributed by atoms with Gasteiger partial charge in [-0.1, -0.05) is 72.8 Å². The standard InChI is InChI=1S/C28H30N2O4/c31-26(21-34-25-14-11-22(12-15-25)13-16-27(32)33)29-17-19-30(20-18-29)28(23-7-3-1-4-8-23)24-9-5-2-6-10-24/h1-12,14-15,28H,13,16-21H2,(H,32,33). The van der Waals surface area contributed by atoms with Gasteiger partial charge in [-0.15, -0.1) is 0 Å². The van der Waals surface area contributed by atoms with E-state index in [0.29, 0.717) is 25.3 Å². The number of nitrogens with zero attached hydrogens (tertiary/aromatic N) is 2. The first-order valence-corrected chi connectivity index (χ1v) is 11.7. The van der Waals surface area contributed by atoms with Gasteiger partial charge in [0.05, 0.1) is 6.04 Å². The van der Waals surface area contributed by atoms with Crippen LogP contribution in [0.2, 0.25) is 0 Å². The Kier molecular flexibility index (Phi) is 7.94. The number of carboxylic acids is 1. The summed E-state index contributed by atoms with van der Waals surface area (Å²) >= 11 is 0. The van der Waals surface area contributed by atoms with Gasteiger partial charge in [0.15, 0.2) is 6.61 Å². The lowest BCUT2D eigenvalue weighted by Gasteiger charge is -2.39. The lowest BCUT2D eigenvalue weighted by Crippen LogP contribution is -2.51. The summed E-state index contributed by atoms with van der Waals surface area (Å²) < 4.78 is 5.69. The third kappa shape index (κ3) is 6.23. The van der Waals surface area contributed by atoms with Gasteiger partial charge in [0, 0.05) is 32.6 Å². The Labute approximate surface area is 200 Å². The van der Waals surface area contributed by atoms with Crippen LogP contribution in [0.15, 0.2) is 84.9 Å². The molecular weight excluding hydrogens is 428 g/mol. The molecule has 1 fully saturated rings. The SMILES string of the molecule is O=C(O)CCc1ccc(OCC(=O)N2CCN(C(c3ccccc3)c3ccccc3)CC2)cc1. The van der Waals surface area contributed by atoms with E-state index in [4.69, 9.17) is 9.84 Å². The first-order chi connectivity index (χ1) is 16.6. The fraction of sp³-hybridized carbons (Fsp3) is 0.286. The number of aryl methyl sites for hydroxylation is 1. The number of amides is 1. The second-order valence-corrected chi connectivity index (χ2v) is 8.47. The third-order valence-corrected chi connectivity index (χ3v) is 6.18. The first-order valence-electron chi connectivity index (χ1n) is 11.7. The number of rotatable bonds is 9. The molecule has 1 amide bonds. The van der Waals surface area contributed by atoms with Gasteiger partial charge in [-0.05, 0) is 35.2 Å². The summed E-state index contributed by atoms with van der Waals surface area (Å²) in [6.45, 7) is 2.89. The fourth-order valence-corrected chi connectivity index (χ4v) is 4.35. The number of benzene rings is 3. The number of carbonyl (C=O) groups is 2. The van der Waals surface area contributed by atoms with Crippen molar-refractivity contribution in [1.82, 2.24) is 9.80 Å². The van der Waals surface area contributed by atoms with Gasteiger partial charge in [0.2, 0.25) is 0 Å². The Morgan fingerprint density at radius 1 is 0.794 bits per heavy atom. The minimum Gasteiger partial charge on any atom is -0.484 e. The molecule has 1 N–H and O–H groups in total. The van der Waals surface area contributed by atoms with Crippen molar-refractivity contribution in [2.24, 2.45) is 0 Å². The van der Waals surface area contributed by atoms with E-state index in [1.807, 2.05) is 29.2 Å². The Morgan fingerprint density at radius 3 is 1.88 bits per heavy atom. The van der Waals surface area contributed by atoms with Crippen LogP contribution in [0.1, 0.15) is 29.2 Å². The third-order valence-electron chi connectivity index (χ3n) is 6.18. The molecule has 0 aromatic heterocycles. The van der Waals surface area contributed by atoms with E-state index in [2.05, 4.69) is 53.4 Å². The molecule has 6 heteroatoms. The highest BCUT2D eigenvalue weighted by atomic mass is 16.5. The topological polar surface area (TPSA) is 70.1 Å². The van der Waals surface area contributed by atoms with Crippen LogP contribution in [0.25, 0.3) is 0 Å². The van der Waals surface area contributed by atoms with E-state index < -0.39 is 5.97 Å². The summed E-state index contributed by atoms with van der Waals surface area (Å²) in [6.07, 6.45) is 0.575. The molecule has 34 heavy (non-hydrogen) atoms. The quantitative estimate of drug-likeness (QED) is 0.525. The zero-order valence-electron chi connectivity index (χ0n) is 19.2. The van der Waals surface area contributed by atoms with E-state index in [1.165, 1.54) is 11.1 Å². The van der Waals surface area contributed by atoms with Crippen molar-refractivity contribution >= 4 is 11.9 Å². The van der Waals surface area contributed by atoms with Gasteiger partial charge in [0.25, 0.3) is 5.91 Å². The van der Waals surface area contributed by atoms with E-state index >= 15 is 0 Å². The number of aliphatic carboxylic acids is 1. The smallest absolute Gasteiger partial charge is 0.303 e. The molecule has 1 heterocycles. The first kappa shape index (κ1) is 23.5. The van der Waals surface area contributed by atoms with Gasteiger partial charge in [-0.25, -0.2) is 0 Å². The molecule has 0 unspecified atom stereocenters. The van der Waals surface area contributed by atoms with Gasteiger partial charge in [0.1, 0.15) is 5.75 Å². The maximum atomic E-state index is 12.7. The molecule has 176 valence electrons. The van der Waals surface area contributed by atoms with Crippen molar-refractivity contribution in [2.75, 3.05) is 32.8 Å². The number of hydrogen-bond acceptors (Lipinski definition) is 4. The van der Waals surface area contributed by atoms with Crippen molar-refractivity contribution in [3.05, 3.63) is 102 Å². The van der Waals surface area contributed by atoms with E-state index in [1.54, 1.807) is 12.1 Å². The molecular formula is C28H30N2O4. The van der Waals surface area contributed by atoms with Crippen LogP contribution in [-0.4, -0.2) is 59.6 Å². The molecule has 3 aromatic rings. The Bertz CT molecular complexity index is 1020. The van der Waals surface area contributed by atoms with E-state index in [9.17, 15) is 9.59 Å². The molecule has 0 spiro atoms. The lowest BCUT2D eigenvalue weighted by atomic mass is 9.96. The van der Waals surface area contributed by atoms with Crippen molar-refractivity contribution in [2.45, 2.75) is 18.9 Å². The number of carboxylic acid groups (broad SMARTS) is 1. The van der Waals surface area contributed by atoms with Crippen LogP contribution >= 0.6 is 0 Å². The molecule has 3 aromatic carbocycles. The largest absolute Gasteiger partial charge is 0.484 e. The minimum absolute atomic E-state index is 0.00469. The maximum Gasteiger partial charge on any atom is 0.303 e. The number of ether oxygens (including phenoxy) is 1. The van der Waals surface area contributed by atoms with Gasteiger partial charge < -0.3 is 14.7 Å².